The van der Waals surface area contributed by atoms with Crippen molar-refractivity contribution >= 4 is 23.5 Å². The predicted octanol–water partition coefficient (Wildman–Crippen LogP) is 2.88. The van der Waals surface area contributed by atoms with Crippen LogP contribution >= 0.6 is 11.6 Å². The van der Waals surface area contributed by atoms with Gasteiger partial charge in [0.25, 0.3) is 0 Å². The third-order valence-corrected chi connectivity index (χ3v) is 6.00. The quantitative estimate of drug-likeness (QED) is 0.679. The van der Waals surface area contributed by atoms with E-state index in [0.29, 0.717) is 49.9 Å². The Morgan fingerprint density at radius 2 is 2.19 bits per heavy atom. The van der Waals surface area contributed by atoms with Crippen LogP contribution in [0.15, 0.2) is 18.2 Å². The van der Waals surface area contributed by atoms with Crippen LogP contribution in [0.1, 0.15) is 23.2 Å². The summed E-state index contributed by atoms with van der Waals surface area (Å²) in [7, 11) is 1.51. The van der Waals surface area contributed by atoms with Crippen LogP contribution in [0.5, 0.6) is 5.75 Å². The van der Waals surface area contributed by atoms with Crippen molar-refractivity contribution < 1.29 is 19.0 Å². The Balaban J connectivity index is 1.58. The lowest BCUT2D eigenvalue weighted by molar-refractivity contribution is 0.119. The summed E-state index contributed by atoms with van der Waals surface area (Å²) in [6.07, 6.45) is -0.955. The number of ether oxygens (including phenoxy) is 1. The normalized spacial score (nSPS) is 18.4. The number of hydrogen-bond donors (Lipinski definition) is 1. The van der Waals surface area contributed by atoms with E-state index in [2.05, 4.69) is 16.0 Å². The number of methoxy groups -OCH3 is 1. The van der Waals surface area contributed by atoms with E-state index in [4.69, 9.17) is 21.6 Å². The van der Waals surface area contributed by atoms with Crippen LogP contribution in [-0.2, 0) is 19.6 Å². The average Bonchev–Trinajstić information content (AvgIpc) is 3.16. The van der Waals surface area contributed by atoms with Crippen molar-refractivity contribution in [2.45, 2.75) is 32.1 Å². The van der Waals surface area contributed by atoms with Gasteiger partial charge in [-0.25, -0.2) is 19.2 Å². The standard InChI is InChI=1S/C21H22ClFN6O3/c1-32-18-4-2-3-16(23)14(18)10-27-11-15-17(12-27)25-20(22)26-19(15)28-7-8-29(21(30)31)13(9-28)5-6-24/h2-4,13H,5,7-12H2,1H3,(H,30,31). The second-order valence-electron chi connectivity index (χ2n) is 7.75. The summed E-state index contributed by atoms with van der Waals surface area (Å²) >= 11 is 6.20. The van der Waals surface area contributed by atoms with Crippen LogP contribution in [0.4, 0.5) is 15.0 Å². The molecule has 168 valence electrons. The SMILES string of the molecule is COc1cccc(F)c1CN1Cc2nc(Cl)nc(N3CCN(C(=O)O)C(CC#N)C3)c2C1. The smallest absolute Gasteiger partial charge is 0.407 e. The zero-order chi connectivity index (χ0) is 22.8. The molecule has 2 aliphatic rings. The van der Waals surface area contributed by atoms with Crippen molar-refractivity contribution in [2.24, 2.45) is 0 Å². The number of carbonyl (C=O) groups is 1. The fourth-order valence-corrected chi connectivity index (χ4v) is 4.51. The molecule has 1 fully saturated rings. The minimum Gasteiger partial charge on any atom is -0.496 e. The van der Waals surface area contributed by atoms with Gasteiger partial charge in [0.15, 0.2) is 0 Å². The van der Waals surface area contributed by atoms with Crippen molar-refractivity contribution in [3.8, 4) is 11.8 Å². The van der Waals surface area contributed by atoms with Gasteiger partial charge in [-0.1, -0.05) is 6.07 Å². The highest BCUT2D eigenvalue weighted by atomic mass is 35.5. The Bertz CT molecular complexity index is 1080. The Morgan fingerprint density at radius 1 is 1.38 bits per heavy atom. The van der Waals surface area contributed by atoms with E-state index in [9.17, 15) is 14.3 Å². The zero-order valence-electron chi connectivity index (χ0n) is 17.5. The monoisotopic (exact) mass is 460 g/mol. The highest BCUT2D eigenvalue weighted by Gasteiger charge is 2.34. The Morgan fingerprint density at radius 3 is 2.91 bits per heavy atom. The lowest BCUT2D eigenvalue weighted by Gasteiger charge is -2.40. The highest BCUT2D eigenvalue weighted by Crippen LogP contribution is 2.34. The molecule has 3 heterocycles. The van der Waals surface area contributed by atoms with Crippen molar-refractivity contribution in [3.63, 3.8) is 0 Å². The molecule has 1 aromatic heterocycles. The number of halogens is 2. The van der Waals surface area contributed by atoms with Gasteiger partial charge in [-0.2, -0.15) is 5.26 Å². The van der Waals surface area contributed by atoms with Gasteiger partial charge < -0.3 is 19.6 Å². The Hall–Kier alpha value is -3.16. The molecule has 1 saturated heterocycles. The second kappa shape index (κ2) is 9.14. The molecule has 1 amide bonds. The average molecular weight is 461 g/mol. The van der Waals surface area contributed by atoms with E-state index in [1.807, 2.05) is 9.80 Å². The fraction of sp³-hybridized carbons (Fsp3) is 0.429. The maximum absolute atomic E-state index is 14.4. The van der Waals surface area contributed by atoms with Crippen LogP contribution in [-0.4, -0.2) is 63.8 Å². The van der Waals surface area contributed by atoms with Crippen LogP contribution in [0.25, 0.3) is 0 Å². The molecular formula is C21H22ClFN6O3. The number of fused-ring (bicyclic) bond motifs is 1. The molecule has 2 aromatic rings. The molecule has 1 N–H and O–H groups in total. The number of anilines is 1. The number of carboxylic acid groups (broad SMARTS) is 1. The van der Waals surface area contributed by atoms with Gasteiger partial charge in [0, 0.05) is 50.4 Å². The first-order valence-corrected chi connectivity index (χ1v) is 10.5. The van der Waals surface area contributed by atoms with Crippen molar-refractivity contribution in [3.05, 3.63) is 46.1 Å². The topological polar surface area (TPSA) is 106 Å². The predicted molar refractivity (Wildman–Crippen MR) is 114 cm³/mol. The molecule has 2 aliphatic heterocycles. The third-order valence-electron chi connectivity index (χ3n) is 5.83. The summed E-state index contributed by atoms with van der Waals surface area (Å²) in [6, 6.07) is 6.33. The number of nitrogens with zero attached hydrogens (tertiary/aromatic N) is 6. The van der Waals surface area contributed by atoms with Gasteiger partial charge in [-0.15, -0.1) is 0 Å². The van der Waals surface area contributed by atoms with Crippen LogP contribution < -0.4 is 9.64 Å². The van der Waals surface area contributed by atoms with Crippen molar-refractivity contribution in [2.75, 3.05) is 31.6 Å². The van der Waals surface area contributed by atoms with Crippen molar-refractivity contribution in [1.29, 1.82) is 5.26 Å². The molecule has 0 saturated carbocycles. The number of nitriles is 1. The summed E-state index contributed by atoms with van der Waals surface area (Å²) in [4.78, 5) is 25.6. The van der Waals surface area contributed by atoms with E-state index >= 15 is 0 Å². The molecule has 1 atom stereocenters. The molecule has 9 nitrogen and oxygen atoms in total. The molecule has 1 unspecified atom stereocenters. The van der Waals surface area contributed by atoms with Gasteiger partial charge in [0.05, 0.1) is 31.3 Å². The molecule has 0 radical (unpaired) electrons. The zero-order valence-corrected chi connectivity index (χ0v) is 18.2. The number of aromatic nitrogens is 2. The molecule has 11 heteroatoms. The van der Waals surface area contributed by atoms with Gasteiger partial charge in [-0.05, 0) is 23.7 Å². The summed E-state index contributed by atoms with van der Waals surface area (Å²) in [5.74, 6) is 0.777. The largest absolute Gasteiger partial charge is 0.496 e. The van der Waals surface area contributed by atoms with Crippen molar-refractivity contribution in [1.82, 2.24) is 19.8 Å². The Kier molecular flexibility index (Phi) is 6.30. The summed E-state index contributed by atoms with van der Waals surface area (Å²) in [5, 5.41) is 18.7. The van der Waals surface area contributed by atoms with E-state index in [1.54, 1.807) is 12.1 Å². The second-order valence-corrected chi connectivity index (χ2v) is 8.08. The van der Waals surface area contributed by atoms with Gasteiger partial charge in [0.1, 0.15) is 17.4 Å². The number of piperazine rings is 1. The van der Waals surface area contributed by atoms with Crippen LogP contribution in [0.3, 0.4) is 0 Å². The maximum Gasteiger partial charge on any atom is 0.407 e. The number of rotatable bonds is 5. The van der Waals surface area contributed by atoms with E-state index in [0.717, 1.165) is 11.3 Å². The number of amides is 1. The van der Waals surface area contributed by atoms with Gasteiger partial charge in [0.2, 0.25) is 5.28 Å². The fourth-order valence-electron chi connectivity index (χ4n) is 4.33. The minimum absolute atomic E-state index is 0.0863. The summed E-state index contributed by atoms with van der Waals surface area (Å²) < 4.78 is 19.7. The summed E-state index contributed by atoms with van der Waals surface area (Å²) in [5.41, 5.74) is 2.10. The van der Waals surface area contributed by atoms with Crippen LogP contribution in [0.2, 0.25) is 5.28 Å². The molecule has 32 heavy (non-hydrogen) atoms. The van der Waals surface area contributed by atoms with Gasteiger partial charge in [-0.3, -0.25) is 4.90 Å². The Labute approximate surface area is 189 Å². The molecule has 0 aliphatic carbocycles. The molecule has 0 spiro atoms. The lowest BCUT2D eigenvalue weighted by atomic mass is 10.1. The van der Waals surface area contributed by atoms with E-state index in [-0.39, 0.29) is 24.1 Å². The first kappa shape index (κ1) is 22.0. The molecular weight excluding hydrogens is 439 g/mol. The maximum atomic E-state index is 14.4. The first-order chi connectivity index (χ1) is 15.4. The number of hydrogen-bond acceptors (Lipinski definition) is 7. The highest BCUT2D eigenvalue weighted by molar-refractivity contribution is 6.28. The van der Waals surface area contributed by atoms with E-state index < -0.39 is 12.1 Å². The molecule has 0 bridgehead atoms. The number of benzene rings is 1. The molecule has 1 aromatic carbocycles. The van der Waals surface area contributed by atoms with Gasteiger partial charge >= 0.3 is 6.09 Å². The van der Waals surface area contributed by atoms with Crippen LogP contribution in [0, 0.1) is 17.1 Å². The molecule has 4 rings (SSSR count). The summed E-state index contributed by atoms with van der Waals surface area (Å²) in [6.45, 7) is 2.30. The first-order valence-electron chi connectivity index (χ1n) is 10.1. The minimum atomic E-state index is -1.04. The third kappa shape index (κ3) is 4.26. The lowest BCUT2D eigenvalue weighted by Crippen LogP contribution is -2.55. The van der Waals surface area contributed by atoms with E-state index in [1.165, 1.54) is 18.1 Å².